The summed E-state index contributed by atoms with van der Waals surface area (Å²) in [6.07, 6.45) is 3.46. The first-order valence-corrected chi connectivity index (χ1v) is 11.6. The van der Waals surface area contributed by atoms with E-state index < -0.39 is 0 Å². The minimum Gasteiger partial charge on any atom is -0.318 e. The zero-order chi connectivity index (χ0) is 22.8. The fourth-order valence-electron chi connectivity index (χ4n) is 4.20. The molecule has 5 rings (SSSR count). The zero-order valence-corrected chi connectivity index (χ0v) is 19.3. The van der Waals surface area contributed by atoms with Gasteiger partial charge in [-0.25, -0.2) is 15.4 Å². The summed E-state index contributed by atoms with van der Waals surface area (Å²) >= 11 is 12.5. The Morgan fingerprint density at radius 3 is 2.73 bits per heavy atom. The molecule has 0 unspecified atom stereocenters. The van der Waals surface area contributed by atoms with Crippen molar-refractivity contribution < 1.29 is 4.79 Å². The van der Waals surface area contributed by atoms with Crippen molar-refractivity contribution in [3.63, 3.8) is 0 Å². The lowest BCUT2D eigenvalue weighted by atomic mass is 9.97. The normalized spacial score (nSPS) is 15.0. The van der Waals surface area contributed by atoms with Gasteiger partial charge < -0.3 is 9.88 Å². The predicted molar refractivity (Wildman–Crippen MR) is 132 cm³/mol. The number of amides is 1. The monoisotopic (exact) mass is 480 g/mol. The number of imidazole rings is 1. The Labute approximate surface area is 200 Å². The predicted octanol–water partition coefficient (Wildman–Crippen LogP) is 4.51. The Morgan fingerprint density at radius 2 is 1.88 bits per heavy atom. The number of hydrogen-bond acceptors (Lipinski definition) is 5. The Morgan fingerprint density at radius 1 is 1.09 bits per heavy atom. The fraction of sp³-hybridized carbons (Fsp3) is 0.250. The smallest absolute Gasteiger partial charge is 0.260 e. The van der Waals surface area contributed by atoms with E-state index >= 15 is 0 Å². The van der Waals surface area contributed by atoms with Crippen LogP contribution in [0.5, 0.6) is 0 Å². The molecule has 0 saturated carbocycles. The highest BCUT2D eigenvalue weighted by atomic mass is 35.5. The highest BCUT2D eigenvalue weighted by Crippen LogP contribution is 2.32. The fourth-order valence-corrected chi connectivity index (χ4v) is 4.52. The van der Waals surface area contributed by atoms with Gasteiger partial charge in [0.15, 0.2) is 0 Å². The Balaban J connectivity index is 1.37. The highest BCUT2D eigenvalue weighted by Gasteiger charge is 2.24. The number of carbonyl (C=O) groups excluding carboxylic acids is 1. The quantitative estimate of drug-likeness (QED) is 0.325. The lowest BCUT2D eigenvalue weighted by molar-refractivity contribution is -0.121. The van der Waals surface area contributed by atoms with Crippen LogP contribution in [0.2, 0.25) is 10.0 Å². The molecule has 1 aliphatic rings. The maximum absolute atomic E-state index is 12.8. The van der Waals surface area contributed by atoms with E-state index in [1.807, 2.05) is 41.0 Å². The number of aromatic nitrogens is 3. The number of hydrogen-bond donors (Lipinski definition) is 2. The molecular formula is C24H22Cl2N6O. The van der Waals surface area contributed by atoms with Gasteiger partial charge in [0.2, 0.25) is 0 Å². The van der Waals surface area contributed by atoms with Crippen LogP contribution in [0, 0.1) is 0 Å². The standard InChI is InChI=1S/C24H22Cl2N6O/c25-18-11-21-22(12-19(18)26)32(24(30-21)16-7-9-27-10-8-16)14-23(33)31-28-13-17-6-5-15-3-1-2-4-20(15)29-17/h1-6,11-13,16,27H,7-10,14H2,(H,31,33)/b28-13+. The summed E-state index contributed by atoms with van der Waals surface area (Å²) in [5, 5.41) is 9.40. The minimum atomic E-state index is -0.257. The zero-order valence-electron chi connectivity index (χ0n) is 17.8. The number of hydrazone groups is 1. The highest BCUT2D eigenvalue weighted by molar-refractivity contribution is 6.42. The third-order valence-corrected chi connectivity index (χ3v) is 6.55. The van der Waals surface area contributed by atoms with Crippen molar-refractivity contribution >= 4 is 57.3 Å². The molecule has 2 aromatic heterocycles. The van der Waals surface area contributed by atoms with Crippen molar-refractivity contribution in [2.75, 3.05) is 13.1 Å². The van der Waals surface area contributed by atoms with E-state index in [0.29, 0.717) is 15.7 Å². The number of rotatable bonds is 5. The topological polar surface area (TPSA) is 84.2 Å². The Bertz CT molecular complexity index is 1360. The molecule has 7 nitrogen and oxygen atoms in total. The number of halogens is 2. The van der Waals surface area contributed by atoms with Crippen LogP contribution >= 0.6 is 23.2 Å². The maximum atomic E-state index is 12.8. The largest absolute Gasteiger partial charge is 0.318 e. The van der Waals surface area contributed by atoms with Gasteiger partial charge in [-0.15, -0.1) is 0 Å². The molecule has 3 heterocycles. The molecule has 0 atom stereocenters. The second kappa shape index (κ2) is 9.47. The molecule has 1 saturated heterocycles. The molecule has 4 aromatic rings. The van der Waals surface area contributed by atoms with Crippen LogP contribution in [0.1, 0.15) is 30.3 Å². The van der Waals surface area contributed by atoms with Crippen molar-refractivity contribution in [1.29, 1.82) is 0 Å². The van der Waals surface area contributed by atoms with E-state index in [0.717, 1.165) is 53.7 Å². The van der Waals surface area contributed by atoms with Crippen LogP contribution in [0.15, 0.2) is 53.6 Å². The number of piperidine rings is 1. The van der Waals surface area contributed by atoms with E-state index in [2.05, 4.69) is 20.8 Å². The molecule has 2 N–H and O–H groups in total. The van der Waals surface area contributed by atoms with Crippen LogP contribution < -0.4 is 10.7 Å². The van der Waals surface area contributed by atoms with E-state index in [1.165, 1.54) is 0 Å². The summed E-state index contributed by atoms with van der Waals surface area (Å²) in [5.41, 5.74) is 5.67. The molecule has 0 aliphatic carbocycles. The molecule has 0 bridgehead atoms. The molecule has 33 heavy (non-hydrogen) atoms. The number of para-hydroxylation sites is 1. The number of fused-ring (bicyclic) bond motifs is 2. The number of nitrogens with zero attached hydrogens (tertiary/aromatic N) is 4. The first-order valence-electron chi connectivity index (χ1n) is 10.8. The number of carbonyl (C=O) groups is 1. The summed E-state index contributed by atoms with van der Waals surface area (Å²) in [6, 6.07) is 15.2. The lowest BCUT2D eigenvalue weighted by Crippen LogP contribution is -2.30. The van der Waals surface area contributed by atoms with Gasteiger partial charge >= 0.3 is 0 Å². The van der Waals surface area contributed by atoms with Crippen molar-refractivity contribution in [3.8, 4) is 0 Å². The van der Waals surface area contributed by atoms with Crippen molar-refractivity contribution in [2.45, 2.75) is 25.3 Å². The summed E-state index contributed by atoms with van der Waals surface area (Å²) in [5.74, 6) is 0.877. The van der Waals surface area contributed by atoms with Crippen molar-refractivity contribution in [3.05, 3.63) is 70.1 Å². The molecule has 1 amide bonds. The van der Waals surface area contributed by atoms with Gasteiger partial charge in [-0.1, -0.05) is 47.5 Å². The minimum absolute atomic E-state index is 0.0796. The number of benzene rings is 2. The van der Waals surface area contributed by atoms with Crippen LogP contribution in [0.4, 0.5) is 0 Å². The van der Waals surface area contributed by atoms with Crippen molar-refractivity contribution in [2.24, 2.45) is 5.10 Å². The molecule has 0 spiro atoms. The van der Waals surface area contributed by atoms with Gasteiger partial charge in [0, 0.05) is 11.3 Å². The summed E-state index contributed by atoms with van der Waals surface area (Å²) < 4.78 is 1.92. The van der Waals surface area contributed by atoms with Gasteiger partial charge in [0.1, 0.15) is 12.4 Å². The van der Waals surface area contributed by atoms with Gasteiger partial charge in [0.25, 0.3) is 5.91 Å². The van der Waals surface area contributed by atoms with Gasteiger partial charge in [0.05, 0.1) is 38.5 Å². The molecule has 9 heteroatoms. The van der Waals surface area contributed by atoms with E-state index in [9.17, 15) is 4.79 Å². The third-order valence-electron chi connectivity index (χ3n) is 5.83. The average Bonchev–Trinajstić information content (AvgIpc) is 3.16. The van der Waals surface area contributed by atoms with Crippen LogP contribution in [0.3, 0.4) is 0 Å². The maximum Gasteiger partial charge on any atom is 0.260 e. The summed E-state index contributed by atoms with van der Waals surface area (Å²) in [7, 11) is 0. The third kappa shape index (κ3) is 4.71. The molecular weight excluding hydrogens is 459 g/mol. The average molecular weight is 481 g/mol. The Kier molecular flexibility index (Phi) is 6.26. The SMILES string of the molecule is O=C(Cn1c(C2CCNCC2)nc2cc(Cl)c(Cl)cc21)N/N=C/c1ccc2ccccc2n1. The number of nitrogens with one attached hydrogen (secondary N) is 2. The molecule has 1 fully saturated rings. The number of pyridine rings is 1. The molecule has 168 valence electrons. The van der Waals surface area contributed by atoms with Gasteiger partial charge in [-0.05, 0) is 50.2 Å². The first kappa shape index (κ1) is 21.8. The van der Waals surface area contributed by atoms with Crippen molar-refractivity contribution in [1.82, 2.24) is 25.3 Å². The molecule has 1 aliphatic heterocycles. The molecule has 2 aromatic carbocycles. The van der Waals surface area contributed by atoms with Gasteiger partial charge in [-0.3, -0.25) is 4.79 Å². The van der Waals surface area contributed by atoms with E-state index in [4.69, 9.17) is 28.2 Å². The van der Waals surface area contributed by atoms with Crippen LogP contribution in [0.25, 0.3) is 21.9 Å². The molecule has 0 radical (unpaired) electrons. The van der Waals surface area contributed by atoms with Crippen LogP contribution in [-0.2, 0) is 11.3 Å². The van der Waals surface area contributed by atoms with Gasteiger partial charge in [-0.2, -0.15) is 5.10 Å². The van der Waals surface area contributed by atoms with Crippen LogP contribution in [-0.4, -0.2) is 39.7 Å². The van der Waals surface area contributed by atoms with E-state index in [1.54, 1.807) is 18.3 Å². The first-order chi connectivity index (χ1) is 16.1. The van der Waals surface area contributed by atoms with E-state index in [-0.39, 0.29) is 18.4 Å². The second-order valence-electron chi connectivity index (χ2n) is 8.06. The second-order valence-corrected chi connectivity index (χ2v) is 8.87. The lowest BCUT2D eigenvalue weighted by Gasteiger charge is -2.23. The Hall–Kier alpha value is -3.00. The summed E-state index contributed by atoms with van der Waals surface area (Å²) in [6.45, 7) is 1.92. The summed E-state index contributed by atoms with van der Waals surface area (Å²) in [4.78, 5) is 22.1.